The summed E-state index contributed by atoms with van der Waals surface area (Å²) in [4.78, 5) is 0. The minimum atomic E-state index is -0.302. The molecule has 0 spiro atoms. The van der Waals surface area contributed by atoms with E-state index < -0.39 is 0 Å². The van der Waals surface area contributed by atoms with Gasteiger partial charge in [-0.1, -0.05) is 0 Å². The number of rotatable bonds is 4. The van der Waals surface area contributed by atoms with E-state index in [0.717, 1.165) is 22.6 Å². The maximum atomic E-state index is 6.50. The predicted octanol–water partition coefficient (Wildman–Crippen LogP) is 1.87. The summed E-state index contributed by atoms with van der Waals surface area (Å²) in [6, 6.07) is -0.0826. The first-order valence-electron chi connectivity index (χ1n) is 6.75. The second-order valence-corrected chi connectivity index (χ2v) is 5.32. The van der Waals surface area contributed by atoms with Crippen LogP contribution in [0.4, 0.5) is 0 Å². The summed E-state index contributed by atoms with van der Waals surface area (Å²) in [6.45, 7) is 8.15. The lowest BCUT2D eigenvalue weighted by atomic mass is 10.0. The van der Waals surface area contributed by atoms with Gasteiger partial charge in [-0.05, 0) is 27.7 Å². The number of aromatic nitrogens is 4. The first-order valence-corrected chi connectivity index (χ1v) is 6.75. The molecule has 0 saturated heterocycles. The second kappa shape index (κ2) is 5.28. The van der Waals surface area contributed by atoms with E-state index in [2.05, 4.69) is 24.0 Å². The summed E-state index contributed by atoms with van der Waals surface area (Å²) in [6.07, 6.45) is 1.72. The number of hydrogen-bond acceptors (Lipinski definition) is 4. The second-order valence-electron chi connectivity index (χ2n) is 5.32. The monoisotopic (exact) mass is 277 g/mol. The molecule has 6 nitrogen and oxygen atoms in total. The Morgan fingerprint density at radius 1 is 1.30 bits per heavy atom. The predicted molar refractivity (Wildman–Crippen MR) is 77.9 cm³/mol. The minimum absolute atomic E-state index is 0.220. The van der Waals surface area contributed by atoms with Crippen molar-refractivity contribution >= 4 is 0 Å². The van der Waals surface area contributed by atoms with Crippen molar-refractivity contribution < 1.29 is 4.74 Å². The fourth-order valence-electron chi connectivity index (χ4n) is 2.60. The van der Waals surface area contributed by atoms with Gasteiger partial charge in [0.15, 0.2) is 5.75 Å². The average molecular weight is 277 g/mol. The van der Waals surface area contributed by atoms with Crippen LogP contribution in [0.25, 0.3) is 0 Å². The molecule has 2 heterocycles. The lowest BCUT2D eigenvalue weighted by Crippen LogP contribution is -2.20. The molecule has 2 rings (SSSR count). The Morgan fingerprint density at radius 2 is 1.95 bits per heavy atom. The number of methoxy groups -OCH3 is 1. The SMILES string of the molecule is COc1cnn(C(C)C)c1C(N)c1c(C)nn(C)c1C. The first-order chi connectivity index (χ1) is 9.38. The van der Waals surface area contributed by atoms with Crippen molar-refractivity contribution in [3.05, 3.63) is 28.8 Å². The summed E-state index contributed by atoms with van der Waals surface area (Å²) in [7, 11) is 3.57. The van der Waals surface area contributed by atoms with Crippen LogP contribution in [0.3, 0.4) is 0 Å². The Bertz CT molecular complexity index is 611. The van der Waals surface area contributed by atoms with Crippen molar-refractivity contribution in [3.63, 3.8) is 0 Å². The third-order valence-electron chi connectivity index (χ3n) is 3.68. The lowest BCUT2D eigenvalue weighted by molar-refractivity contribution is 0.400. The first kappa shape index (κ1) is 14.6. The largest absolute Gasteiger partial charge is 0.493 e. The summed E-state index contributed by atoms with van der Waals surface area (Å²) >= 11 is 0. The van der Waals surface area contributed by atoms with Crippen LogP contribution in [0.2, 0.25) is 0 Å². The molecule has 0 aliphatic carbocycles. The van der Waals surface area contributed by atoms with Crippen molar-refractivity contribution in [2.24, 2.45) is 12.8 Å². The van der Waals surface area contributed by atoms with E-state index in [0.29, 0.717) is 5.75 Å². The van der Waals surface area contributed by atoms with Crippen molar-refractivity contribution in [3.8, 4) is 5.75 Å². The van der Waals surface area contributed by atoms with Crippen molar-refractivity contribution in [1.82, 2.24) is 19.6 Å². The summed E-state index contributed by atoms with van der Waals surface area (Å²) in [5, 5.41) is 8.82. The third-order valence-corrected chi connectivity index (χ3v) is 3.68. The molecule has 1 atom stereocenters. The molecule has 2 aromatic heterocycles. The molecule has 0 aliphatic heterocycles. The van der Waals surface area contributed by atoms with E-state index in [1.165, 1.54) is 0 Å². The van der Waals surface area contributed by atoms with E-state index in [9.17, 15) is 0 Å². The molecular formula is C14H23N5O. The van der Waals surface area contributed by atoms with Crippen LogP contribution in [0, 0.1) is 13.8 Å². The molecule has 20 heavy (non-hydrogen) atoms. The molecule has 1 unspecified atom stereocenters. The summed E-state index contributed by atoms with van der Waals surface area (Å²) in [5.74, 6) is 0.717. The Hall–Kier alpha value is -1.82. The van der Waals surface area contributed by atoms with Gasteiger partial charge in [-0.15, -0.1) is 0 Å². The molecule has 0 radical (unpaired) electrons. The quantitative estimate of drug-likeness (QED) is 0.926. The molecule has 0 amide bonds. The number of hydrogen-bond donors (Lipinski definition) is 1. The van der Waals surface area contributed by atoms with Crippen molar-refractivity contribution in [2.45, 2.75) is 39.8 Å². The molecular weight excluding hydrogens is 254 g/mol. The maximum absolute atomic E-state index is 6.50. The van der Waals surface area contributed by atoms with Gasteiger partial charge in [0.25, 0.3) is 0 Å². The van der Waals surface area contributed by atoms with Gasteiger partial charge in [-0.25, -0.2) is 0 Å². The molecule has 0 bridgehead atoms. The zero-order chi connectivity index (χ0) is 15.0. The van der Waals surface area contributed by atoms with Crippen molar-refractivity contribution in [2.75, 3.05) is 7.11 Å². The number of nitrogens with zero attached hydrogens (tertiary/aromatic N) is 4. The van der Waals surface area contributed by atoms with Gasteiger partial charge in [-0.3, -0.25) is 9.36 Å². The highest BCUT2D eigenvalue weighted by Crippen LogP contribution is 2.32. The van der Waals surface area contributed by atoms with Crippen LogP contribution in [0.1, 0.15) is 48.6 Å². The third kappa shape index (κ3) is 2.20. The topological polar surface area (TPSA) is 70.9 Å². The van der Waals surface area contributed by atoms with Gasteiger partial charge >= 0.3 is 0 Å². The molecule has 0 aromatic carbocycles. The van der Waals surface area contributed by atoms with Gasteiger partial charge in [0.1, 0.15) is 5.69 Å². The van der Waals surface area contributed by atoms with Gasteiger partial charge in [0.2, 0.25) is 0 Å². The Morgan fingerprint density at radius 3 is 2.40 bits per heavy atom. The Balaban J connectivity index is 2.58. The smallest absolute Gasteiger partial charge is 0.161 e. The van der Waals surface area contributed by atoms with E-state index in [1.807, 2.05) is 30.3 Å². The van der Waals surface area contributed by atoms with Crippen LogP contribution in [0.5, 0.6) is 5.75 Å². The highest BCUT2D eigenvalue weighted by molar-refractivity contribution is 5.40. The summed E-state index contributed by atoms with van der Waals surface area (Å²) < 4.78 is 9.18. The molecule has 0 saturated carbocycles. The molecule has 0 fully saturated rings. The van der Waals surface area contributed by atoms with Gasteiger partial charge in [-0.2, -0.15) is 10.2 Å². The van der Waals surface area contributed by atoms with Crippen LogP contribution < -0.4 is 10.5 Å². The zero-order valence-corrected chi connectivity index (χ0v) is 13.0. The van der Waals surface area contributed by atoms with Crippen LogP contribution in [-0.4, -0.2) is 26.7 Å². The number of ether oxygens (including phenoxy) is 1. The van der Waals surface area contributed by atoms with Crippen LogP contribution >= 0.6 is 0 Å². The Kier molecular flexibility index (Phi) is 3.85. The van der Waals surface area contributed by atoms with Crippen LogP contribution in [-0.2, 0) is 7.05 Å². The van der Waals surface area contributed by atoms with E-state index in [4.69, 9.17) is 10.5 Å². The molecule has 0 aliphatic rings. The fraction of sp³-hybridized carbons (Fsp3) is 0.571. The summed E-state index contributed by atoms with van der Waals surface area (Å²) in [5.41, 5.74) is 10.4. The van der Waals surface area contributed by atoms with E-state index >= 15 is 0 Å². The van der Waals surface area contributed by atoms with E-state index in [-0.39, 0.29) is 12.1 Å². The van der Waals surface area contributed by atoms with Crippen LogP contribution in [0.15, 0.2) is 6.20 Å². The highest BCUT2D eigenvalue weighted by atomic mass is 16.5. The molecule has 2 aromatic rings. The molecule has 6 heteroatoms. The molecule has 2 N–H and O–H groups in total. The molecule has 110 valence electrons. The average Bonchev–Trinajstić information content (AvgIpc) is 2.91. The van der Waals surface area contributed by atoms with E-state index in [1.54, 1.807) is 13.3 Å². The normalized spacial score (nSPS) is 13.0. The number of nitrogens with two attached hydrogens (primary N) is 1. The zero-order valence-electron chi connectivity index (χ0n) is 13.0. The standard InChI is InChI=1S/C14H23N5O/c1-8(2)19-14(11(20-6)7-16-19)13(15)12-9(3)17-18(5)10(12)4/h7-8,13H,15H2,1-6H3. The Labute approximate surface area is 119 Å². The van der Waals surface area contributed by atoms with Gasteiger partial charge in [0, 0.05) is 24.3 Å². The maximum Gasteiger partial charge on any atom is 0.161 e. The van der Waals surface area contributed by atoms with Crippen molar-refractivity contribution in [1.29, 1.82) is 0 Å². The van der Waals surface area contributed by atoms with Gasteiger partial charge in [0.05, 0.1) is 25.0 Å². The van der Waals surface area contributed by atoms with Gasteiger partial charge < -0.3 is 10.5 Å². The highest BCUT2D eigenvalue weighted by Gasteiger charge is 2.26. The number of aryl methyl sites for hydroxylation is 2. The lowest BCUT2D eigenvalue weighted by Gasteiger charge is -2.18. The fourth-order valence-corrected chi connectivity index (χ4v) is 2.60. The minimum Gasteiger partial charge on any atom is -0.493 e.